The molecule has 1 aromatic heterocycles. The molecular formula is C12H12N4O2. The number of ether oxygens (including phenoxy) is 1. The molecule has 0 atom stereocenters. The first kappa shape index (κ1) is 11.8. The standard InChI is InChI=1S/C12H12N4O2/c1-8(12(17)18-2)15-16-11-9-5-3-4-6-10(9)13-7-14-11/h3-7,15H,1H2,2H3,(H,13,14,16). The Morgan fingerprint density at radius 3 is 2.89 bits per heavy atom. The Labute approximate surface area is 104 Å². The number of fused-ring (bicyclic) bond motifs is 1. The first-order valence-electron chi connectivity index (χ1n) is 5.21. The van der Waals surface area contributed by atoms with Crippen LogP contribution in [0.2, 0.25) is 0 Å². The van der Waals surface area contributed by atoms with Gasteiger partial charge < -0.3 is 4.74 Å². The molecule has 0 radical (unpaired) electrons. The summed E-state index contributed by atoms with van der Waals surface area (Å²) in [5.74, 6) is 0.0199. The number of benzene rings is 1. The van der Waals surface area contributed by atoms with E-state index in [2.05, 4.69) is 32.1 Å². The second kappa shape index (κ2) is 5.13. The third-order valence-corrected chi connectivity index (χ3v) is 2.31. The van der Waals surface area contributed by atoms with Crippen molar-refractivity contribution in [3.05, 3.63) is 42.9 Å². The van der Waals surface area contributed by atoms with E-state index in [9.17, 15) is 4.79 Å². The molecule has 2 aromatic rings. The number of rotatable bonds is 4. The molecule has 0 spiro atoms. The Morgan fingerprint density at radius 2 is 2.11 bits per heavy atom. The lowest BCUT2D eigenvalue weighted by molar-refractivity contribution is -0.136. The number of esters is 1. The van der Waals surface area contributed by atoms with Crippen molar-refractivity contribution < 1.29 is 9.53 Å². The molecule has 0 aliphatic rings. The van der Waals surface area contributed by atoms with Gasteiger partial charge in [-0.2, -0.15) is 0 Å². The zero-order valence-electron chi connectivity index (χ0n) is 9.80. The van der Waals surface area contributed by atoms with Crippen LogP contribution >= 0.6 is 0 Å². The molecule has 0 fully saturated rings. The highest BCUT2D eigenvalue weighted by Gasteiger charge is 2.07. The zero-order valence-corrected chi connectivity index (χ0v) is 9.80. The van der Waals surface area contributed by atoms with Crippen molar-refractivity contribution in [1.82, 2.24) is 15.4 Å². The number of hydrogen-bond donors (Lipinski definition) is 2. The first-order valence-corrected chi connectivity index (χ1v) is 5.21. The Hall–Kier alpha value is -2.63. The Morgan fingerprint density at radius 1 is 1.33 bits per heavy atom. The number of carbonyl (C=O) groups excluding carboxylic acids is 1. The van der Waals surface area contributed by atoms with Crippen LogP contribution in [0, 0.1) is 0 Å². The van der Waals surface area contributed by atoms with Gasteiger partial charge in [0.2, 0.25) is 0 Å². The van der Waals surface area contributed by atoms with Gasteiger partial charge in [0, 0.05) is 5.39 Å². The quantitative estimate of drug-likeness (QED) is 0.478. The normalized spacial score (nSPS) is 9.83. The number of nitrogens with one attached hydrogen (secondary N) is 2. The summed E-state index contributed by atoms with van der Waals surface area (Å²) >= 11 is 0. The lowest BCUT2D eigenvalue weighted by Gasteiger charge is -2.11. The second-order valence-electron chi connectivity index (χ2n) is 3.46. The number of carbonyl (C=O) groups is 1. The third-order valence-electron chi connectivity index (χ3n) is 2.31. The van der Waals surface area contributed by atoms with Crippen LogP contribution < -0.4 is 10.9 Å². The molecule has 18 heavy (non-hydrogen) atoms. The third kappa shape index (κ3) is 2.37. The molecular weight excluding hydrogens is 232 g/mol. The SMILES string of the molecule is C=C(NNc1ncnc2ccccc12)C(=O)OC. The summed E-state index contributed by atoms with van der Waals surface area (Å²) < 4.78 is 4.51. The highest BCUT2D eigenvalue weighted by Crippen LogP contribution is 2.17. The molecule has 0 saturated heterocycles. The Balaban J connectivity index is 2.17. The summed E-state index contributed by atoms with van der Waals surface area (Å²) in [4.78, 5) is 19.4. The summed E-state index contributed by atoms with van der Waals surface area (Å²) in [5.41, 5.74) is 6.34. The van der Waals surface area contributed by atoms with E-state index in [0.29, 0.717) is 5.82 Å². The molecule has 0 amide bonds. The van der Waals surface area contributed by atoms with Gasteiger partial charge in [0.15, 0.2) is 5.82 Å². The summed E-state index contributed by atoms with van der Waals surface area (Å²) in [6.07, 6.45) is 1.44. The van der Waals surface area contributed by atoms with Crippen molar-refractivity contribution in [1.29, 1.82) is 0 Å². The fraction of sp³-hybridized carbons (Fsp3) is 0.0833. The van der Waals surface area contributed by atoms with Gasteiger partial charge >= 0.3 is 5.97 Å². The number of hydrogen-bond acceptors (Lipinski definition) is 6. The minimum absolute atomic E-state index is 0.0974. The number of anilines is 1. The number of nitrogens with zero attached hydrogens (tertiary/aromatic N) is 2. The molecule has 6 nitrogen and oxygen atoms in total. The Bertz CT molecular complexity index is 592. The summed E-state index contributed by atoms with van der Waals surface area (Å²) in [5, 5.41) is 0.838. The van der Waals surface area contributed by atoms with Crippen LogP contribution in [0.15, 0.2) is 42.9 Å². The van der Waals surface area contributed by atoms with Crippen molar-refractivity contribution in [2.75, 3.05) is 12.5 Å². The maximum Gasteiger partial charge on any atom is 0.355 e. The van der Waals surface area contributed by atoms with Gasteiger partial charge in [0.1, 0.15) is 12.0 Å². The van der Waals surface area contributed by atoms with Crippen LogP contribution in [0.1, 0.15) is 0 Å². The van der Waals surface area contributed by atoms with E-state index in [0.717, 1.165) is 10.9 Å². The van der Waals surface area contributed by atoms with Crippen LogP contribution in [0.5, 0.6) is 0 Å². The van der Waals surface area contributed by atoms with E-state index in [1.54, 1.807) is 0 Å². The average Bonchev–Trinajstić information content (AvgIpc) is 2.43. The minimum Gasteiger partial charge on any atom is -0.464 e. The lowest BCUT2D eigenvalue weighted by atomic mass is 10.2. The maximum absolute atomic E-state index is 11.1. The second-order valence-corrected chi connectivity index (χ2v) is 3.46. The van der Waals surface area contributed by atoms with Gasteiger partial charge in [-0.15, -0.1) is 0 Å². The van der Waals surface area contributed by atoms with Gasteiger partial charge in [-0.05, 0) is 12.1 Å². The highest BCUT2D eigenvalue weighted by atomic mass is 16.5. The summed E-state index contributed by atoms with van der Waals surface area (Å²) in [7, 11) is 1.29. The van der Waals surface area contributed by atoms with E-state index in [1.807, 2.05) is 24.3 Å². The maximum atomic E-state index is 11.1. The van der Waals surface area contributed by atoms with Gasteiger partial charge in [-0.3, -0.25) is 10.9 Å². The van der Waals surface area contributed by atoms with Crippen molar-refractivity contribution >= 4 is 22.7 Å². The fourth-order valence-electron chi connectivity index (χ4n) is 1.41. The molecule has 1 heterocycles. The molecule has 6 heteroatoms. The van der Waals surface area contributed by atoms with Crippen molar-refractivity contribution in [3.8, 4) is 0 Å². The molecule has 0 aliphatic heterocycles. The monoisotopic (exact) mass is 244 g/mol. The molecule has 0 unspecified atom stereocenters. The topological polar surface area (TPSA) is 76.1 Å². The van der Waals surface area contributed by atoms with E-state index in [-0.39, 0.29) is 5.70 Å². The van der Waals surface area contributed by atoms with Gasteiger partial charge in [-0.1, -0.05) is 18.7 Å². The smallest absolute Gasteiger partial charge is 0.355 e. The zero-order chi connectivity index (χ0) is 13.0. The predicted molar refractivity (Wildman–Crippen MR) is 67.5 cm³/mol. The van der Waals surface area contributed by atoms with Gasteiger partial charge in [0.05, 0.1) is 12.6 Å². The molecule has 0 saturated carbocycles. The average molecular weight is 244 g/mol. The summed E-state index contributed by atoms with van der Waals surface area (Å²) in [6, 6.07) is 7.52. The molecule has 2 rings (SSSR count). The molecule has 1 aromatic carbocycles. The highest BCUT2D eigenvalue weighted by molar-refractivity contribution is 5.90. The molecule has 0 bridgehead atoms. The Kier molecular flexibility index (Phi) is 3.38. The minimum atomic E-state index is -0.541. The van der Waals surface area contributed by atoms with Crippen LogP contribution in [-0.2, 0) is 9.53 Å². The fourth-order valence-corrected chi connectivity index (χ4v) is 1.41. The van der Waals surface area contributed by atoms with Crippen LogP contribution in [0.3, 0.4) is 0 Å². The van der Waals surface area contributed by atoms with Gasteiger partial charge in [-0.25, -0.2) is 14.8 Å². The van der Waals surface area contributed by atoms with Crippen molar-refractivity contribution in [3.63, 3.8) is 0 Å². The van der Waals surface area contributed by atoms with Gasteiger partial charge in [0.25, 0.3) is 0 Å². The molecule has 2 N–H and O–H groups in total. The first-order chi connectivity index (χ1) is 8.72. The number of para-hydroxylation sites is 1. The summed E-state index contributed by atoms with van der Waals surface area (Å²) in [6.45, 7) is 3.53. The van der Waals surface area contributed by atoms with E-state index < -0.39 is 5.97 Å². The van der Waals surface area contributed by atoms with Crippen LogP contribution in [0.25, 0.3) is 10.9 Å². The molecule has 92 valence electrons. The lowest BCUT2D eigenvalue weighted by Crippen LogP contribution is -2.26. The largest absolute Gasteiger partial charge is 0.464 e. The van der Waals surface area contributed by atoms with Crippen LogP contribution in [0.4, 0.5) is 5.82 Å². The van der Waals surface area contributed by atoms with Crippen molar-refractivity contribution in [2.24, 2.45) is 0 Å². The number of aromatic nitrogens is 2. The van der Waals surface area contributed by atoms with E-state index in [4.69, 9.17) is 0 Å². The number of hydrazine groups is 1. The van der Waals surface area contributed by atoms with Crippen LogP contribution in [-0.4, -0.2) is 23.0 Å². The number of methoxy groups -OCH3 is 1. The van der Waals surface area contributed by atoms with Crippen molar-refractivity contribution in [2.45, 2.75) is 0 Å². The molecule has 0 aliphatic carbocycles. The predicted octanol–water partition coefficient (Wildman–Crippen LogP) is 1.23. The van der Waals surface area contributed by atoms with E-state index in [1.165, 1.54) is 13.4 Å². The van der Waals surface area contributed by atoms with E-state index >= 15 is 0 Å².